The summed E-state index contributed by atoms with van der Waals surface area (Å²) in [5.41, 5.74) is 2.22. The summed E-state index contributed by atoms with van der Waals surface area (Å²) in [5.74, 6) is 0.789. The predicted molar refractivity (Wildman–Crippen MR) is 86.8 cm³/mol. The van der Waals surface area contributed by atoms with Crippen LogP contribution in [0, 0.1) is 0 Å². The van der Waals surface area contributed by atoms with Gasteiger partial charge in [-0.25, -0.2) is 0 Å². The summed E-state index contributed by atoms with van der Waals surface area (Å²) >= 11 is 0. The van der Waals surface area contributed by atoms with Crippen molar-refractivity contribution in [3.05, 3.63) is 41.5 Å². The van der Waals surface area contributed by atoms with E-state index in [1.165, 1.54) is 43.2 Å². The SMILES string of the molecule is CC(C)(O)CC/C=C/c1ccc(C2CCCCC2)cc1. The van der Waals surface area contributed by atoms with Crippen LogP contribution in [0.1, 0.15) is 75.8 Å². The fourth-order valence-corrected chi connectivity index (χ4v) is 2.97. The van der Waals surface area contributed by atoms with Gasteiger partial charge in [-0.05, 0) is 56.6 Å². The Morgan fingerprint density at radius 1 is 1.10 bits per heavy atom. The fraction of sp³-hybridized carbons (Fsp3) is 0.579. The summed E-state index contributed by atoms with van der Waals surface area (Å²) in [7, 11) is 0. The van der Waals surface area contributed by atoms with Crippen LogP contribution in [0.25, 0.3) is 6.08 Å². The Morgan fingerprint density at radius 3 is 2.35 bits per heavy atom. The monoisotopic (exact) mass is 272 g/mol. The first-order chi connectivity index (χ1) is 9.54. The van der Waals surface area contributed by atoms with Gasteiger partial charge in [0.15, 0.2) is 0 Å². The van der Waals surface area contributed by atoms with E-state index in [-0.39, 0.29) is 0 Å². The first-order valence-electron chi connectivity index (χ1n) is 8.03. The van der Waals surface area contributed by atoms with Crippen LogP contribution >= 0.6 is 0 Å². The van der Waals surface area contributed by atoms with Gasteiger partial charge >= 0.3 is 0 Å². The van der Waals surface area contributed by atoms with E-state index in [1.54, 1.807) is 0 Å². The Kier molecular flexibility index (Phi) is 5.42. The second-order valence-corrected chi connectivity index (χ2v) is 6.76. The molecule has 1 N–H and O–H groups in total. The standard InChI is InChI=1S/C19H28O/c1-19(2,20)15-7-6-8-16-11-13-18(14-12-16)17-9-4-3-5-10-17/h6,8,11-14,17,20H,3-5,7,9-10,15H2,1-2H3/b8-6+. The molecule has 0 amide bonds. The van der Waals surface area contributed by atoms with Gasteiger partial charge in [-0.15, -0.1) is 0 Å². The Hall–Kier alpha value is -1.08. The molecule has 0 atom stereocenters. The number of hydrogen-bond donors (Lipinski definition) is 1. The lowest BCUT2D eigenvalue weighted by Gasteiger charge is -2.21. The summed E-state index contributed by atoms with van der Waals surface area (Å²) in [5, 5.41) is 9.66. The lowest BCUT2D eigenvalue weighted by atomic mass is 9.84. The van der Waals surface area contributed by atoms with E-state index in [9.17, 15) is 5.11 Å². The van der Waals surface area contributed by atoms with Crippen molar-refractivity contribution in [2.75, 3.05) is 0 Å². The van der Waals surface area contributed by atoms with Crippen LogP contribution < -0.4 is 0 Å². The first-order valence-corrected chi connectivity index (χ1v) is 8.03. The molecule has 1 aromatic rings. The number of hydrogen-bond acceptors (Lipinski definition) is 1. The lowest BCUT2D eigenvalue weighted by molar-refractivity contribution is 0.0722. The molecule has 0 unspecified atom stereocenters. The van der Waals surface area contributed by atoms with Gasteiger partial charge in [-0.3, -0.25) is 0 Å². The van der Waals surface area contributed by atoms with Crippen LogP contribution in [0.3, 0.4) is 0 Å². The summed E-state index contributed by atoms with van der Waals surface area (Å²) in [6.07, 6.45) is 13.0. The average Bonchev–Trinajstić information content (AvgIpc) is 2.44. The average molecular weight is 272 g/mol. The molecule has 0 bridgehead atoms. The summed E-state index contributed by atoms with van der Waals surface area (Å²) in [4.78, 5) is 0. The minimum Gasteiger partial charge on any atom is -0.390 e. The van der Waals surface area contributed by atoms with Crippen molar-refractivity contribution in [2.45, 2.75) is 70.3 Å². The molecule has 1 aromatic carbocycles. The third kappa shape index (κ3) is 5.13. The van der Waals surface area contributed by atoms with Crippen LogP contribution in [0.2, 0.25) is 0 Å². The van der Waals surface area contributed by atoms with Gasteiger partial charge in [-0.2, -0.15) is 0 Å². The topological polar surface area (TPSA) is 20.2 Å². The maximum absolute atomic E-state index is 9.66. The number of benzene rings is 1. The van der Waals surface area contributed by atoms with Gasteiger partial charge in [0.25, 0.3) is 0 Å². The molecule has 0 radical (unpaired) electrons. The van der Waals surface area contributed by atoms with Gasteiger partial charge < -0.3 is 5.11 Å². The highest BCUT2D eigenvalue weighted by Gasteiger charge is 2.14. The van der Waals surface area contributed by atoms with E-state index < -0.39 is 5.60 Å². The molecule has 0 spiro atoms. The van der Waals surface area contributed by atoms with Crippen LogP contribution in [0.5, 0.6) is 0 Å². The molecule has 0 heterocycles. The molecule has 1 aliphatic carbocycles. The Morgan fingerprint density at radius 2 is 1.75 bits per heavy atom. The van der Waals surface area contributed by atoms with E-state index in [1.807, 2.05) is 13.8 Å². The van der Waals surface area contributed by atoms with Crippen LogP contribution in [0.15, 0.2) is 30.3 Å². The van der Waals surface area contributed by atoms with Gasteiger partial charge in [0, 0.05) is 0 Å². The summed E-state index contributed by atoms with van der Waals surface area (Å²) < 4.78 is 0. The molecule has 1 saturated carbocycles. The predicted octanol–water partition coefficient (Wildman–Crippen LogP) is 5.30. The minimum atomic E-state index is -0.560. The number of rotatable bonds is 5. The third-order valence-electron chi connectivity index (χ3n) is 4.25. The van der Waals surface area contributed by atoms with E-state index >= 15 is 0 Å². The van der Waals surface area contributed by atoms with E-state index in [0.29, 0.717) is 0 Å². The molecular weight excluding hydrogens is 244 g/mol. The normalized spacial score (nSPS) is 17.8. The first kappa shape index (κ1) is 15.3. The molecule has 1 aliphatic rings. The molecule has 2 rings (SSSR count). The Balaban J connectivity index is 1.86. The van der Waals surface area contributed by atoms with E-state index in [0.717, 1.165) is 18.8 Å². The van der Waals surface area contributed by atoms with Gasteiger partial charge in [-0.1, -0.05) is 55.7 Å². The zero-order valence-corrected chi connectivity index (χ0v) is 12.9. The van der Waals surface area contributed by atoms with Crippen molar-refractivity contribution >= 4 is 6.08 Å². The highest BCUT2D eigenvalue weighted by molar-refractivity contribution is 5.49. The second-order valence-electron chi connectivity index (χ2n) is 6.76. The lowest BCUT2D eigenvalue weighted by Crippen LogP contribution is -2.17. The van der Waals surface area contributed by atoms with Crippen molar-refractivity contribution < 1.29 is 5.11 Å². The Labute approximate surface area is 123 Å². The number of allylic oxidation sites excluding steroid dienone is 1. The van der Waals surface area contributed by atoms with Crippen LogP contribution in [-0.2, 0) is 0 Å². The van der Waals surface area contributed by atoms with Crippen LogP contribution in [-0.4, -0.2) is 10.7 Å². The minimum absolute atomic E-state index is 0.560. The molecule has 0 saturated heterocycles. The molecule has 0 aliphatic heterocycles. The van der Waals surface area contributed by atoms with Crippen molar-refractivity contribution in [1.82, 2.24) is 0 Å². The summed E-state index contributed by atoms with van der Waals surface area (Å²) in [6.45, 7) is 3.72. The van der Waals surface area contributed by atoms with E-state index in [2.05, 4.69) is 36.4 Å². The third-order valence-corrected chi connectivity index (χ3v) is 4.25. The van der Waals surface area contributed by atoms with Gasteiger partial charge in [0.2, 0.25) is 0 Å². The largest absolute Gasteiger partial charge is 0.390 e. The highest BCUT2D eigenvalue weighted by atomic mass is 16.3. The molecule has 1 fully saturated rings. The molecule has 1 nitrogen and oxygen atoms in total. The maximum Gasteiger partial charge on any atom is 0.0594 e. The molecule has 110 valence electrons. The molecular formula is C19H28O. The number of aliphatic hydroxyl groups is 1. The zero-order valence-electron chi connectivity index (χ0n) is 12.9. The maximum atomic E-state index is 9.66. The van der Waals surface area contributed by atoms with Crippen LogP contribution in [0.4, 0.5) is 0 Å². The molecule has 1 heteroatoms. The van der Waals surface area contributed by atoms with Crippen molar-refractivity contribution in [2.24, 2.45) is 0 Å². The highest BCUT2D eigenvalue weighted by Crippen LogP contribution is 2.32. The molecule has 20 heavy (non-hydrogen) atoms. The quantitative estimate of drug-likeness (QED) is 0.771. The van der Waals surface area contributed by atoms with Crippen molar-refractivity contribution in [1.29, 1.82) is 0 Å². The summed E-state index contributed by atoms with van der Waals surface area (Å²) in [6, 6.07) is 9.05. The van der Waals surface area contributed by atoms with Crippen molar-refractivity contribution in [3.63, 3.8) is 0 Å². The second kappa shape index (κ2) is 7.08. The smallest absolute Gasteiger partial charge is 0.0594 e. The Bertz CT molecular complexity index is 416. The van der Waals surface area contributed by atoms with Gasteiger partial charge in [0.05, 0.1) is 5.60 Å². The van der Waals surface area contributed by atoms with Crippen molar-refractivity contribution in [3.8, 4) is 0 Å². The van der Waals surface area contributed by atoms with Gasteiger partial charge in [0.1, 0.15) is 0 Å². The fourth-order valence-electron chi connectivity index (χ4n) is 2.97. The molecule has 0 aromatic heterocycles. The zero-order chi connectivity index (χ0) is 14.4. The van der Waals surface area contributed by atoms with E-state index in [4.69, 9.17) is 0 Å².